The molecule has 0 saturated heterocycles. The fraction of sp³-hybridized carbons (Fsp3) is 0.862. The van der Waals surface area contributed by atoms with Gasteiger partial charge in [-0.1, -0.05) is 44.1 Å². The first-order valence-electron chi connectivity index (χ1n) is 13.8. The number of hydrogen-bond donors (Lipinski definition) is 3. The van der Waals surface area contributed by atoms with Crippen LogP contribution in [0, 0.1) is 22.7 Å². The van der Waals surface area contributed by atoms with Gasteiger partial charge in [-0.2, -0.15) is 0 Å². The Balaban J connectivity index is 1.39. The second-order valence-electron chi connectivity index (χ2n) is 12.1. The van der Waals surface area contributed by atoms with Gasteiger partial charge < -0.3 is 20.1 Å². The minimum Gasteiger partial charge on any atom is -0.392 e. The molecule has 4 aliphatic rings. The molecule has 33 heavy (non-hydrogen) atoms. The highest BCUT2D eigenvalue weighted by Gasteiger charge is 2.56. The van der Waals surface area contributed by atoms with Crippen LogP contribution in [-0.2, 0) is 4.74 Å². The minimum absolute atomic E-state index is 0.188. The molecule has 0 aromatic heterocycles. The molecule has 4 heteroatoms. The Hall–Kier alpha value is -0.680. The monoisotopic (exact) mass is 460 g/mol. The molecule has 6 atom stereocenters. The van der Waals surface area contributed by atoms with Crippen LogP contribution in [0.15, 0.2) is 23.3 Å². The van der Waals surface area contributed by atoms with Gasteiger partial charge >= 0.3 is 0 Å². The first-order chi connectivity index (χ1) is 15.7. The number of aliphatic hydroxyl groups excluding tert-OH is 2. The zero-order chi connectivity index (χ0) is 23.9. The molecule has 4 rings (SSSR count). The second kappa shape index (κ2) is 9.76. The van der Waals surface area contributed by atoms with Gasteiger partial charge in [0.2, 0.25) is 0 Å². The van der Waals surface area contributed by atoms with Crippen molar-refractivity contribution in [1.29, 1.82) is 0 Å². The lowest BCUT2D eigenvalue weighted by atomic mass is 9.62. The van der Waals surface area contributed by atoms with Gasteiger partial charge in [0, 0.05) is 12.0 Å². The van der Waals surface area contributed by atoms with Gasteiger partial charge in [-0.05, 0) is 101 Å². The maximum absolute atomic E-state index is 10.6. The zero-order valence-electron chi connectivity index (χ0n) is 21.5. The minimum atomic E-state index is -0.588. The van der Waals surface area contributed by atoms with Gasteiger partial charge in [0.15, 0.2) is 0 Å². The van der Waals surface area contributed by atoms with Gasteiger partial charge in [-0.25, -0.2) is 0 Å². The molecule has 3 unspecified atom stereocenters. The maximum atomic E-state index is 10.6. The Kier molecular flexibility index (Phi) is 7.51. The van der Waals surface area contributed by atoms with Crippen LogP contribution in [0.2, 0.25) is 0 Å². The summed E-state index contributed by atoms with van der Waals surface area (Å²) in [5, 5.41) is 31.7. The van der Waals surface area contributed by atoms with Gasteiger partial charge in [-0.15, -0.1) is 0 Å². The van der Waals surface area contributed by atoms with Crippen molar-refractivity contribution in [2.45, 2.75) is 129 Å². The highest BCUT2D eigenvalue weighted by molar-refractivity contribution is 5.28. The van der Waals surface area contributed by atoms with Crippen molar-refractivity contribution < 1.29 is 20.1 Å². The Morgan fingerprint density at radius 2 is 1.73 bits per heavy atom. The van der Waals surface area contributed by atoms with Gasteiger partial charge in [0.05, 0.1) is 23.9 Å². The summed E-state index contributed by atoms with van der Waals surface area (Å²) < 4.78 is 6.33. The van der Waals surface area contributed by atoms with Crippen molar-refractivity contribution in [3.05, 3.63) is 23.3 Å². The molecule has 0 aromatic carbocycles. The fourth-order valence-corrected chi connectivity index (χ4v) is 7.59. The van der Waals surface area contributed by atoms with Crippen LogP contribution in [0.25, 0.3) is 0 Å². The van der Waals surface area contributed by atoms with Crippen molar-refractivity contribution in [3.8, 4) is 0 Å². The average molecular weight is 461 g/mol. The van der Waals surface area contributed by atoms with E-state index in [2.05, 4.69) is 39.8 Å². The molecular weight excluding hydrogens is 412 g/mol. The summed E-state index contributed by atoms with van der Waals surface area (Å²) in [6.45, 7) is 9.47. The number of rotatable bonds is 8. The summed E-state index contributed by atoms with van der Waals surface area (Å²) in [5.41, 5.74) is 2.27. The Labute approximate surface area is 201 Å². The van der Waals surface area contributed by atoms with E-state index < -0.39 is 5.60 Å². The number of fused-ring (bicyclic) bond motifs is 1. The van der Waals surface area contributed by atoms with Crippen molar-refractivity contribution in [2.24, 2.45) is 22.7 Å². The predicted octanol–water partition coefficient (Wildman–Crippen LogP) is 5.70. The van der Waals surface area contributed by atoms with Gasteiger partial charge in [0.25, 0.3) is 0 Å². The quantitative estimate of drug-likeness (QED) is 0.435. The number of aliphatic hydroxyl groups is 3. The molecule has 0 aromatic rings. The summed E-state index contributed by atoms with van der Waals surface area (Å²) in [6.07, 6.45) is 15.8. The van der Waals surface area contributed by atoms with E-state index >= 15 is 0 Å². The zero-order valence-corrected chi connectivity index (χ0v) is 21.5. The standard InChI is InChI=1S/C29H48O4/c1-5-28(32,6-2)16-17-33-20(3)23-11-12-24-22(8-7-13-27(23,24)4)10-9-21-18-25(30)29(14-15-29)26(31)19-21/h9-10,20,23-26,30-32H,5-8,11-19H2,1-4H3/b22-10+/t20-,23?,24?,25-,26-,27?/m1/s1. The largest absolute Gasteiger partial charge is 0.392 e. The summed E-state index contributed by atoms with van der Waals surface area (Å²) in [4.78, 5) is 0. The Morgan fingerprint density at radius 3 is 2.33 bits per heavy atom. The lowest BCUT2D eigenvalue weighted by Gasteiger charge is -2.44. The summed E-state index contributed by atoms with van der Waals surface area (Å²) in [6, 6.07) is 0. The molecule has 4 aliphatic carbocycles. The summed E-state index contributed by atoms with van der Waals surface area (Å²) in [7, 11) is 0. The predicted molar refractivity (Wildman–Crippen MR) is 133 cm³/mol. The lowest BCUT2D eigenvalue weighted by Crippen LogP contribution is -2.39. The SMILES string of the molecule is CCC(O)(CC)CCO[C@H](C)C1CCC2/C(=C/C=C3C[C@@H](O)C4(CC4)[C@H](O)C3)CCCC21C. The Morgan fingerprint density at radius 1 is 1.06 bits per heavy atom. The Bertz CT molecular complexity index is 731. The first kappa shape index (κ1) is 25.4. The van der Waals surface area contributed by atoms with Crippen molar-refractivity contribution in [3.63, 3.8) is 0 Å². The van der Waals surface area contributed by atoms with Crippen LogP contribution >= 0.6 is 0 Å². The molecule has 188 valence electrons. The molecule has 0 radical (unpaired) electrons. The van der Waals surface area contributed by atoms with E-state index in [1.165, 1.54) is 37.7 Å². The van der Waals surface area contributed by atoms with E-state index in [0.717, 1.165) is 44.9 Å². The molecular formula is C29H48O4. The van der Waals surface area contributed by atoms with Crippen molar-refractivity contribution in [1.82, 2.24) is 0 Å². The lowest BCUT2D eigenvalue weighted by molar-refractivity contribution is -0.0559. The van der Waals surface area contributed by atoms with Crippen molar-refractivity contribution >= 4 is 0 Å². The highest BCUT2D eigenvalue weighted by Crippen LogP contribution is 2.59. The molecule has 1 spiro atoms. The van der Waals surface area contributed by atoms with Crippen LogP contribution in [0.4, 0.5) is 0 Å². The topological polar surface area (TPSA) is 69.9 Å². The average Bonchev–Trinajstić information content (AvgIpc) is 3.52. The summed E-state index contributed by atoms with van der Waals surface area (Å²) in [5.74, 6) is 1.17. The molecule has 4 fully saturated rings. The third-order valence-electron chi connectivity index (χ3n) is 10.5. The van der Waals surface area contributed by atoms with Crippen LogP contribution in [0.1, 0.15) is 105 Å². The van der Waals surface area contributed by atoms with Gasteiger partial charge in [-0.3, -0.25) is 0 Å². The first-order valence-corrected chi connectivity index (χ1v) is 13.8. The smallest absolute Gasteiger partial charge is 0.0664 e. The van der Waals surface area contributed by atoms with E-state index in [1.54, 1.807) is 5.57 Å². The molecule has 0 aliphatic heterocycles. The summed E-state index contributed by atoms with van der Waals surface area (Å²) >= 11 is 0. The highest BCUT2D eigenvalue weighted by atomic mass is 16.5. The third-order valence-corrected chi connectivity index (χ3v) is 10.5. The number of hydrogen-bond acceptors (Lipinski definition) is 4. The fourth-order valence-electron chi connectivity index (χ4n) is 7.59. The maximum Gasteiger partial charge on any atom is 0.0664 e. The molecule has 0 heterocycles. The molecule has 3 N–H and O–H groups in total. The van der Waals surface area contributed by atoms with Crippen molar-refractivity contribution in [2.75, 3.05) is 6.61 Å². The van der Waals surface area contributed by atoms with Crippen LogP contribution < -0.4 is 0 Å². The van der Waals surface area contributed by atoms with E-state index in [0.29, 0.717) is 18.4 Å². The molecule has 0 bridgehead atoms. The molecule has 0 amide bonds. The second-order valence-corrected chi connectivity index (χ2v) is 12.1. The number of allylic oxidation sites excluding steroid dienone is 3. The van der Waals surface area contributed by atoms with Crippen LogP contribution in [-0.4, -0.2) is 45.8 Å². The van der Waals surface area contributed by atoms with E-state index in [1.807, 2.05) is 0 Å². The normalized spacial score (nSPS) is 37.9. The number of ether oxygens (including phenoxy) is 1. The molecule has 4 saturated carbocycles. The van der Waals surface area contributed by atoms with Crippen LogP contribution in [0.3, 0.4) is 0 Å². The van der Waals surface area contributed by atoms with E-state index in [4.69, 9.17) is 4.74 Å². The third kappa shape index (κ3) is 4.87. The van der Waals surface area contributed by atoms with E-state index in [-0.39, 0.29) is 29.1 Å². The van der Waals surface area contributed by atoms with Crippen LogP contribution in [0.5, 0.6) is 0 Å². The van der Waals surface area contributed by atoms with E-state index in [9.17, 15) is 15.3 Å². The molecule has 4 nitrogen and oxygen atoms in total. The van der Waals surface area contributed by atoms with Gasteiger partial charge in [0.1, 0.15) is 0 Å².